The summed E-state index contributed by atoms with van der Waals surface area (Å²) in [5, 5.41) is 0. The topological polar surface area (TPSA) is 0 Å². The summed E-state index contributed by atoms with van der Waals surface area (Å²) in [6, 6.07) is 14.8. The molecule has 0 saturated carbocycles. The molecule has 0 radical (unpaired) electrons. The van der Waals surface area contributed by atoms with Crippen LogP contribution in [0.15, 0.2) is 46.2 Å². The average Bonchev–Trinajstić information content (AvgIpc) is 3.00. The first-order valence-corrected chi connectivity index (χ1v) is 20.7. The highest BCUT2D eigenvalue weighted by molar-refractivity contribution is 8.76. The molecule has 2 nitrogen and oxygen atoms in total. The van der Waals surface area contributed by atoms with Gasteiger partial charge in [0.05, 0.1) is 39.3 Å². The third kappa shape index (κ3) is 14.2. The molecular formula is C40H70N2S2+2. The summed E-state index contributed by atoms with van der Waals surface area (Å²) in [6.07, 6.45) is 15.7. The van der Waals surface area contributed by atoms with Gasteiger partial charge in [0.1, 0.15) is 13.1 Å². The molecule has 0 bridgehead atoms. The van der Waals surface area contributed by atoms with E-state index >= 15 is 0 Å². The Bertz CT molecular complexity index is 923. The zero-order valence-electron chi connectivity index (χ0n) is 30.3. The predicted molar refractivity (Wildman–Crippen MR) is 201 cm³/mol. The summed E-state index contributed by atoms with van der Waals surface area (Å²) in [6.45, 7) is 29.0. The Kier molecular flexibility index (Phi) is 19.4. The third-order valence-corrected chi connectivity index (χ3v) is 11.8. The van der Waals surface area contributed by atoms with Gasteiger partial charge < -0.3 is 8.97 Å². The van der Waals surface area contributed by atoms with Crippen molar-refractivity contribution in [2.45, 2.75) is 155 Å². The van der Waals surface area contributed by atoms with Crippen molar-refractivity contribution in [3.63, 3.8) is 0 Å². The number of hydrogen-bond acceptors (Lipinski definition) is 2. The van der Waals surface area contributed by atoms with E-state index in [0.717, 1.165) is 0 Å². The lowest BCUT2D eigenvalue weighted by Gasteiger charge is -2.39. The van der Waals surface area contributed by atoms with Crippen LogP contribution < -0.4 is 0 Å². The highest BCUT2D eigenvalue weighted by atomic mass is 33.1. The molecule has 250 valence electrons. The lowest BCUT2D eigenvalue weighted by molar-refractivity contribution is -0.941. The first-order chi connectivity index (χ1) is 21.3. The van der Waals surface area contributed by atoms with E-state index in [1.54, 1.807) is 0 Å². The number of hydrogen-bond donors (Lipinski definition) is 0. The van der Waals surface area contributed by atoms with Gasteiger partial charge in [-0.3, -0.25) is 0 Å². The Morgan fingerprint density at radius 3 is 0.932 bits per heavy atom. The van der Waals surface area contributed by atoms with Gasteiger partial charge in [-0.2, -0.15) is 0 Å². The zero-order valence-corrected chi connectivity index (χ0v) is 32.0. The van der Waals surface area contributed by atoms with Crippen LogP contribution in [-0.2, 0) is 13.1 Å². The Morgan fingerprint density at radius 1 is 0.409 bits per heavy atom. The Labute approximate surface area is 282 Å². The predicted octanol–water partition coefficient (Wildman–Crippen LogP) is 12.5. The van der Waals surface area contributed by atoms with Gasteiger partial charge in [-0.25, -0.2) is 0 Å². The number of unbranched alkanes of at least 4 members (excludes halogenated alkanes) is 6. The Morgan fingerprint density at radius 2 is 0.682 bits per heavy atom. The molecule has 44 heavy (non-hydrogen) atoms. The largest absolute Gasteiger partial charge is 0.320 e. The van der Waals surface area contributed by atoms with Crippen molar-refractivity contribution in [3.05, 3.63) is 58.7 Å². The van der Waals surface area contributed by atoms with Crippen molar-refractivity contribution in [2.75, 3.05) is 39.3 Å². The van der Waals surface area contributed by atoms with Crippen LogP contribution >= 0.6 is 21.6 Å². The van der Waals surface area contributed by atoms with Crippen LogP contribution in [0.25, 0.3) is 0 Å². The molecule has 0 heterocycles. The van der Waals surface area contributed by atoms with Crippen molar-refractivity contribution in [1.82, 2.24) is 0 Å². The van der Waals surface area contributed by atoms with E-state index in [9.17, 15) is 0 Å². The van der Waals surface area contributed by atoms with E-state index in [-0.39, 0.29) is 0 Å². The van der Waals surface area contributed by atoms with Gasteiger partial charge >= 0.3 is 0 Å². The molecule has 0 aliphatic rings. The van der Waals surface area contributed by atoms with Crippen molar-refractivity contribution >= 4 is 21.6 Å². The zero-order chi connectivity index (χ0) is 32.3. The fourth-order valence-corrected chi connectivity index (χ4v) is 9.12. The van der Waals surface area contributed by atoms with Crippen LogP contribution in [0.3, 0.4) is 0 Å². The molecule has 2 aromatic rings. The Hall–Kier alpha value is -0.940. The lowest BCUT2D eigenvalue weighted by Crippen LogP contribution is -2.49. The average molecular weight is 643 g/mol. The van der Waals surface area contributed by atoms with E-state index in [4.69, 9.17) is 0 Å². The maximum atomic E-state index is 2.51. The van der Waals surface area contributed by atoms with Crippen molar-refractivity contribution in [2.24, 2.45) is 0 Å². The number of rotatable bonds is 25. The monoisotopic (exact) mass is 642 g/mol. The molecule has 0 aliphatic heterocycles. The molecule has 0 fully saturated rings. The quantitative estimate of drug-likeness (QED) is 0.0780. The van der Waals surface area contributed by atoms with Crippen molar-refractivity contribution in [3.8, 4) is 0 Å². The molecular weight excluding hydrogens is 573 g/mol. The van der Waals surface area contributed by atoms with Crippen molar-refractivity contribution in [1.29, 1.82) is 0 Å². The third-order valence-electron chi connectivity index (χ3n) is 9.41. The summed E-state index contributed by atoms with van der Waals surface area (Å²) in [7, 11) is 3.93. The van der Waals surface area contributed by atoms with Gasteiger partial charge in [0.25, 0.3) is 0 Å². The summed E-state index contributed by atoms with van der Waals surface area (Å²) in [5.74, 6) is 0. The van der Waals surface area contributed by atoms with Gasteiger partial charge in [-0.15, -0.1) is 0 Å². The van der Waals surface area contributed by atoms with Crippen LogP contribution in [0.5, 0.6) is 0 Å². The minimum Gasteiger partial charge on any atom is -0.320 e. The number of aryl methyl sites for hydroxylation is 2. The molecule has 0 aromatic heterocycles. The first-order valence-electron chi connectivity index (χ1n) is 18.5. The van der Waals surface area contributed by atoms with Crippen LogP contribution in [-0.4, -0.2) is 48.2 Å². The number of quaternary nitrogens is 2. The van der Waals surface area contributed by atoms with Gasteiger partial charge in [-0.05, 0) is 87.8 Å². The van der Waals surface area contributed by atoms with Gasteiger partial charge in [0, 0.05) is 20.9 Å². The minimum atomic E-state index is 1.18. The molecule has 0 aliphatic carbocycles. The second-order valence-corrected chi connectivity index (χ2v) is 16.2. The fraction of sp³-hybridized carbons (Fsp3) is 0.700. The van der Waals surface area contributed by atoms with Crippen molar-refractivity contribution < 1.29 is 8.97 Å². The standard InChI is InChI=1S/C40H70N2S2/c1-9-15-21-41(22-16-10-2,23-17-11-3)33-37-27-35(7)29-39(31-37)43-44-40-30-36(8)28-38(32-40)34-42(24-18-12-4,25-19-13-5)26-20-14-6/h27-32H,9-26,33-34H2,1-8H3/q+2. The highest BCUT2D eigenvalue weighted by Gasteiger charge is 2.28. The number of benzene rings is 2. The minimum absolute atomic E-state index is 1.18. The van der Waals surface area contributed by atoms with Crippen LogP contribution in [0.2, 0.25) is 0 Å². The lowest BCUT2D eigenvalue weighted by atomic mass is 10.1. The maximum absolute atomic E-state index is 2.51. The SMILES string of the molecule is CCCC[N+](CCCC)(CCCC)Cc1cc(C)cc(SSc2cc(C)cc(C[N+](CCCC)(CCCC)CCCC)c2)c1. The van der Waals surface area contributed by atoms with Gasteiger partial charge in [0.2, 0.25) is 0 Å². The maximum Gasteiger partial charge on any atom is 0.104 e. The van der Waals surface area contributed by atoms with Gasteiger partial charge in [-0.1, -0.05) is 114 Å². The van der Waals surface area contributed by atoms with Crippen LogP contribution in [0, 0.1) is 13.8 Å². The molecule has 0 saturated heterocycles. The second-order valence-electron chi connectivity index (χ2n) is 13.9. The normalized spacial score (nSPS) is 12.3. The van der Waals surface area contributed by atoms with E-state index in [1.165, 1.54) is 170 Å². The summed E-state index contributed by atoms with van der Waals surface area (Å²) >= 11 is 0. The van der Waals surface area contributed by atoms with Gasteiger partial charge in [0.15, 0.2) is 0 Å². The molecule has 2 aromatic carbocycles. The summed E-state index contributed by atoms with van der Waals surface area (Å²) in [4.78, 5) is 2.82. The second kappa shape index (κ2) is 21.8. The Balaban J connectivity index is 2.27. The van der Waals surface area contributed by atoms with Crippen LogP contribution in [0.4, 0.5) is 0 Å². The fourth-order valence-electron chi connectivity index (χ4n) is 6.91. The number of nitrogens with zero attached hydrogens (tertiary/aromatic N) is 2. The molecule has 0 amide bonds. The molecule has 0 atom stereocenters. The van der Waals surface area contributed by atoms with E-state index in [0.29, 0.717) is 0 Å². The molecule has 0 unspecified atom stereocenters. The molecule has 0 spiro atoms. The molecule has 0 N–H and O–H groups in total. The highest BCUT2D eigenvalue weighted by Crippen LogP contribution is 2.39. The van der Waals surface area contributed by atoms with E-state index in [1.807, 2.05) is 21.6 Å². The first kappa shape index (κ1) is 39.2. The summed E-state index contributed by atoms with van der Waals surface area (Å²) < 4.78 is 2.54. The smallest absolute Gasteiger partial charge is 0.104 e. The van der Waals surface area contributed by atoms with Crippen LogP contribution in [0.1, 0.15) is 141 Å². The molecule has 4 heteroatoms. The van der Waals surface area contributed by atoms with E-state index in [2.05, 4.69) is 91.8 Å². The summed E-state index contributed by atoms with van der Waals surface area (Å²) in [5.41, 5.74) is 5.87. The van der Waals surface area contributed by atoms with E-state index < -0.39 is 0 Å². The molecule has 2 rings (SSSR count).